The van der Waals surface area contributed by atoms with Crippen molar-refractivity contribution in [2.45, 2.75) is 13.0 Å². The van der Waals surface area contributed by atoms with Crippen LogP contribution in [-0.2, 0) is 11.3 Å². The predicted molar refractivity (Wildman–Crippen MR) is 54.1 cm³/mol. The van der Waals surface area contributed by atoms with Crippen molar-refractivity contribution in [2.24, 2.45) is 11.7 Å². The number of aromatic nitrogens is 2. The summed E-state index contributed by atoms with van der Waals surface area (Å²) in [6, 6.07) is 0. The second-order valence-corrected chi connectivity index (χ2v) is 3.72. The quantitative estimate of drug-likeness (QED) is 0.709. The van der Waals surface area contributed by atoms with Crippen molar-refractivity contribution in [2.75, 3.05) is 18.9 Å². The molecule has 4 N–H and O–H groups in total. The molecule has 82 valence electrons. The molecule has 1 fully saturated rings. The summed E-state index contributed by atoms with van der Waals surface area (Å²) in [5.41, 5.74) is 11.0. The maximum absolute atomic E-state index is 10.9. The lowest BCUT2D eigenvalue weighted by molar-refractivity contribution is 0.0997. The molecule has 1 amide bonds. The van der Waals surface area contributed by atoms with Crippen LogP contribution in [0.2, 0.25) is 0 Å². The van der Waals surface area contributed by atoms with E-state index in [2.05, 4.69) is 4.98 Å². The van der Waals surface area contributed by atoms with E-state index in [-0.39, 0.29) is 5.69 Å². The van der Waals surface area contributed by atoms with Crippen LogP contribution in [-0.4, -0.2) is 28.7 Å². The number of rotatable bonds is 3. The van der Waals surface area contributed by atoms with Gasteiger partial charge in [0.2, 0.25) is 0 Å². The van der Waals surface area contributed by atoms with Gasteiger partial charge in [-0.3, -0.25) is 4.79 Å². The van der Waals surface area contributed by atoms with Gasteiger partial charge >= 0.3 is 0 Å². The maximum Gasteiger partial charge on any atom is 0.271 e. The van der Waals surface area contributed by atoms with E-state index >= 15 is 0 Å². The first-order valence-corrected chi connectivity index (χ1v) is 4.86. The molecule has 0 aromatic carbocycles. The highest BCUT2D eigenvalue weighted by Crippen LogP contribution is 2.18. The molecule has 1 aliphatic heterocycles. The van der Waals surface area contributed by atoms with E-state index in [0.29, 0.717) is 11.7 Å². The Bertz CT molecular complexity index is 368. The van der Waals surface area contributed by atoms with E-state index in [1.807, 2.05) is 0 Å². The lowest BCUT2D eigenvalue weighted by Gasteiger charge is -2.09. The molecule has 15 heavy (non-hydrogen) atoms. The lowest BCUT2D eigenvalue weighted by atomic mass is 10.1. The summed E-state index contributed by atoms with van der Waals surface area (Å²) in [4.78, 5) is 14.8. The van der Waals surface area contributed by atoms with Gasteiger partial charge in [-0.25, -0.2) is 4.98 Å². The maximum atomic E-state index is 10.9. The third kappa shape index (κ3) is 1.94. The Labute approximate surface area is 87.2 Å². The molecular weight excluding hydrogens is 196 g/mol. The summed E-state index contributed by atoms with van der Waals surface area (Å²) >= 11 is 0. The van der Waals surface area contributed by atoms with Gasteiger partial charge in [0, 0.05) is 19.1 Å². The zero-order valence-electron chi connectivity index (χ0n) is 8.35. The van der Waals surface area contributed by atoms with Crippen molar-refractivity contribution in [3.63, 3.8) is 0 Å². The number of hydrogen-bond acceptors (Lipinski definition) is 4. The molecule has 2 heterocycles. The smallest absolute Gasteiger partial charge is 0.271 e. The fourth-order valence-electron chi connectivity index (χ4n) is 1.73. The normalized spacial score (nSPS) is 20.7. The number of carbonyl (C=O) groups excluding carboxylic acids is 1. The van der Waals surface area contributed by atoms with Crippen LogP contribution in [0.4, 0.5) is 5.82 Å². The number of ether oxygens (including phenoxy) is 1. The van der Waals surface area contributed by atoms with Crippen LogP contribution in [0.5, 0.6) is 0 Å². The summed E-state index contributed by atoms with van der Waals surface area (Å²) in [7, 11) is 0. The minimum Gasteiger partial charge on any atom is -0.383 e. The van der Waals surface area contributed by atoms with Crippen LogP contribution in [0.25, 0.3) is 0 Å². The molecule has 6 nitrogen and oxygen atoms in total. The summed E-state index contributed by atoms with van der Waals surface area (Å²) in [6.07, 6.45) is 2.57. The highest BCUT2D eigenvalue weighted by molar-refractivity contribution is 5.95. The van der Waals surface area contributed by atoms with Gasteiger partial charge in [0.1, 0.15) is 5.82 Å². The van der Waals surface area contributed by atoms with Crippen LogP contribution < -0.4 is 11.5 Å². The average Bonchev–Trinajstić information content (AvgIpc) is 2.78. The number of primary amides is 1. The molecule has 1 saturated heterocycles. The molecule has 1 aromatic heterocycles. The number of carbonyl (C=O) groups is 1. The molecule has 1 aliphatic rings. The van der Waals surface area contributed by atoms with E-state index in [9.17, 15) is 4.79 Å². The molecule has 6 heteroatoms. The van der Waals surface area contributed by atoms with Gasteiger partial charge in [-0.05, 0) is 6.42 Å². The zero-order valence-corrected chi connectivity index (χ0v) is 8.35. The van der Waals surface area contributed by atoms with Crippen LogP contribution >= 0.6 is 0 Å². The van der Waals surface area contributed by atoms with Crippen LogP contribution in [0.15, 0.2) is 6.33 Å². The highest BCUT2D eigenvalue weighted by atomic mass is 16.5. The van der Waals surface area contributed by atoms with E-state index in [1.54, 1.807) is 10.9 Å². The van der Waals surface area contributed by atoms with Crippen molar-refractivity contribution < 1.29 is 9.53 Å². The fraction of sp³-hybridized carbons (Fsp3) is 0.556. The number of imidazole rings is 1. The lowest BCUT2D eigenvalue weighted by Crippen LogP contribution is -2.16. The van der Waals surface area contributed by atoms with Gasteiger partial charge in [0.25, 0.3) is 5.91 Å². The van der Waals surface area contributed by atoms with Crippen LogP contribution in [0, 0.1) is 5.92 Å². The first-order chi connectivity index (χ1) is 7.18. The van der Waals surface area contributed by atoms with Crippen LogP contribution in [0.1, 0.15) is 16.9 Å². The predicted octanol–water partition coefficient (Wildman–Crippen LogP) is -0.399. The molecule has 0 bridgehead atoms. The van der Waals surface area contributed by atoms with Crippen LogP contribution in [0.3, 0.4) is 0 Å². The second kappa shape index (κ2) is 3.90. The van der Waals surface area contributed by atoms with E-state index in [4.69, 9.17) is 16.2 Å². The SMILES string of the molecule is NC(=O)c1ncn(CC2CCOC2)c1N. The number of anilines is 1. The summed E-state index contributed by atoms with van der Waals surface area (Å²) in [5, 5.41) is 0. The first kappa shape index (κ1) is 9.97. The van der Waals surface area contributed by atoms with Crippen molar-refractivity contribution in [1.29, 1.82) is 0 Å². The minimum atomic E-state index is -0.589. The Morgan fingerprint density at radius 2 is 2.53 bits per heavy atom. The van der Waals surface area contributed by atoms with Gasteiger partial charge in [-0.15, -0.1) is 0 Å². The summed E-state index contributed by atoms with van der Waals surface area (Å²) in [6.45, 7) is 2.26. The number of nitrogens with zero attached hydrogens (tertiary/aromatic N) is 2. The number of nitrogens with two attached hydrogens (primary N) is 2. The van der Waals surface area contributed by atoms with E-state index < -0.39 is 5.91 Å². The van der Waals surface area contributed by atoms with Crippen molar-refractivity contribution >= 4 is 11.7 Å². The number of hydrogen-bond donors (Lipinski definition) is 2. The number of nitrogen functional groups attached to an aromatic ring is 1. The third-order valence-electron chi connectivity index (χ3n) is 2.59. The molecular formula is C9H14N4O2. The van der Waals surface area contributed by atoms with Crippen molar-refractivity contribution in [3.8, 4) is 0 Å². The van der Waals surface area contributed by atoms with Crippen molar-refractivity contribution in [3.05, 3.63) is 12.0 Å². The fourth-order valence-corrected chi connectivity index (χ4v) is 1.73. The molecule has 1 atom stereocenters. The average molecular weight is 210 g/mol. The molecule has 1 aromatic rings. The Balaban J connectivity index is 2.11. The Morgan fingerprint density at radius 3 is 3.07 bits per heavy atom. The van der Waals surface area contributed by atoms with Crippen molar-refractivity contribution in [1.82, 2.24) is 9.55 Å². The largest absolute Gasteiger partial charge is 0.383 e. The molecule has 0 aliphatic carbocycles. The topological polar surface area (TPSA) is 96.2 Å². The third-order valence-corrected chi connectivity index (χ3v) is 2.59. The number of amides is 1. The van der Waals surface area contributed by atoms with E-state index in [1.165, 1.54) is 0 Å². The Kier molecular flexibility index (Phi) is 2.59. The second-order valence-electron chi connectivity index (χ2n) is 3.72. The monoisotopic (exact) mass is 210 g/mol. The molecule has 0 radical (unpaired) electrons. The summed E-state index contributed by atoms with van der Waals surface area (Å²) < 4.78 is 7.01. The first-order valence-electron chi connectivity index (χ1n) is 4.86. The van der Waals surface area contributed by atoms with Gasteiger partial charge in [0.05, 0.1) is 12.9 Å². The summed E-state index contributed by atoms with van der Waals surface area (Å²) in [5.74, 6) is 0.200. The molecule has 1 unspecified atom stereocenters. The van der Waals surface area contributed by atoms with Gasteiger partial charge in [-0.1, -0.05) is 0 Å². The Hall–Kier alpha value is -1.56. The van der Waals surface area contributed by atoms with E-state index in [0.717, 1.165) is 26.2 Å². The minimum absolute atomic E-state index is 0.147. The standard InChI is InChI=1S/C9H14N4O2/c10-8-7(9(11)14)12-5-13(8)3-6-1-2-15-4-6/h5-6H,1-4,10H2,(H2,11,14). The molecule has 2 rings (SSSR count). The highest BCUT2D eigenvalue weighted by Gasteiger charge is 2.19. The Morgan fingerprint density at radius 1 is 1.73 bits per heavy atom. The zero-order chi connectivity index (χ0) is 10.8. The van der Waals surface area contributed by atoms with Gasteiger partial charge in [-0.2, -0.15) is 0 Å². The molecule has 0 spiro atoms. The van der Waals surface area contributed by atoms with Gasteiger partial charge < -0.3 is 20.8 Å². The molecule has 0 saturated carbocycles. The van der Waals surface area contributed by atoms with Gasteiger partial charge in [0.15, 0.2) is 5.69 Å².